The van der Waals surface area contributed by atoms with E-state index < -0.39 is 35.3 Å². The molecule has 294 valence electrons. The predicted octanol–water partition coefficient (Wildman–Crippen LogP) is 6.76. The van der Waals surface area contributed by atoms with Crippen LogP contribution in [0.5, 0.6) is 6.01 Å². The van der Waals surface area contributed by atoms with Gasteiger partial charge in [-0.1, -0.05) is 11.6 Å². The normalized spacial score (nSPS) is 26.7. The second-order valence-electron chi connectivity index (χ2n) is 15.9. The molecule has 4 aliphatic rings. The van der Waals surface area contributed by atoms with Gasteiger partial charge in [-0.05, 0) is 70.2 Å². The van der Waals surface area contributed by atoms with Crippen molar-refractivity contribution in [2.75, 3.05) is 57.5 Å². The molecular weight excluding hydrogens is 744 g/mol. The molecule has 0 radical (unpaired) electrons. The zero-order valence-corrected chi connectivity index (χ0v) is 31.7. The molecule has 4 atom stereocenters. The number of aliphatic hydroxyl groups is 1. The standard InChI is InChI=1S/C38H43ClF4N8O4/c1-21-13-25-24(16-44-51(25)27-7-4-5-11-54-27)28(30(21)38(41,42)43)31-32-23(14-26(39)45-31)29-33(48(32)3)46-35(47-34(29)49-10-12-53-19-36(2,52)18-49)55-20-37-8-6-9-50(37)17-22(40)15-37/h13-14,16,22,27,52H,4-12,15,17-20H2,1-3H3/t22-,27?,36+,37+/m1/s1. The highest BCUT2D eigenvalue weighted by Gasteiger charge is 2.49. The number of pyridine rings is 1. The fourth-order valence-electron chi connectivity index (χ4n) is 9.42. The van der Waals surface area contributed by atoms with Crippen LogP contribution in [-0.2, 0) is 22.7 Å². The van der Waals surface area contributed by atoms with Gasteiger partial charge in [0.05, 0.1) is 59.2 Å². The first-order chi connectivity index (χ1) is 26.2. The monoisotopic (exact) mass is 786 g/mol. The molecule has 9 rings (SSSR count). The van der Waals surface area contributed by atoms with Crippen molar-refractivity contribution >= 4 is 50.3 Å². The molecule has 12 nitrogen and oxygen atoms in total. The maximum Gasteiger partial charge on any atom is 0.417 e. The number of β-amino-alcohol motifs (C(OH)–C–C–N with tert-alkyl or cyclic N) is 1. The molecule has 8 heterocycles. The van der Waals surface area contributed by atoms with Crippen LogP contribution >= 0.6 is 11.6 Å². The second kappa shape index (κ2) is 13.4. The molecule has 0 bridgehead atoms. The summed E-state index contributed by atoms with van der Waals surface area (Å²) in [6.07, 6.45) is -0.108. The van der Waals surface area contributed by atoms with Gasteiger partial charge in [0.1, 0.15) is 35.0 Å². The zero-order chi connectivity index (χ0) is 38.4. The van der Waals surface area contributed by atoms with E-state index >= 15 is 13.2 Å². The predicted molar refractivity (Wildman–Crippen MR) is 198 cm³/mol. The molecular formula is C38H43ClF4N8O4. The Hall–Kier alpha value is -3.83. The molecule has 55 heavy (non-hydrogen) atoms. The van der Waals surface area contributed by atoms with Gasteiger partial charge in [-0.2, -0.15) is 28.2 Å². The average Bonchev–Trinajstić information content (AvgIpc) is 3.84. The Bertz CT molecular complexity index is 2310. The van der Waals surface area contributed by atoms with E-state index in [0.717, 1.165) is 32.2 Å². The van der Waals surface area contributed by atoms with E-state index in [1.165, 1.54) is 19.2 Å². The van der Waals surface area contributed by atoms with Gasteiger partial charge >= 0.3 is 12.2 Å². The third-order valence-corrected chi connectivity index (χ3v) is 12.0. The van der Waals surface area contributed by atoms with E-state index in [1.54, 1.807) is 29.3 Å². The lowest BCUT2D eigenvalue weighted by Crippen LogP contribution is -2.44. The second-order valence-corrected chi connectivity index (χ2v) is 16.3. The largest absolute Gasteiger partial charge is 0.461 e. The smallest absolute Gasteiger partial charge is 0.417 e. The lowest BCUT2D eigenvalue weighted by atomic mass is 9.94. The molecule has 4 fully saturated rings. The lowest BCUT2D eigenvalue weighted by molar-refractivity contribution is -0.137. The van der Waals surface area contributed by atoms with E-state index in [9.17, 15) is 9.50 Å². The van der Waals surface area contributed by atoms with Gasteiger partial charge in [-0.15, -0.1) is 0 Å². The number of rotatable bonds is 6. The maximum atomic E-state index is 15.3. The van der Waals surface area contributed by atoms with Gasteiger partial charge < -0.3 is 28.8 Å². The highest BCUT2D eigenvalue weighted by Crippen LogP contribution is 2.48. The van der Waals surface area contributed by atoms with Gasteiger partial charge in [-0.3, -0.25) is 4.90 Å². The number of aromatic nitrogens is 6. The number of hydrogen-bond acceptors (Lipinski definition) is 10. The summed E-state index contributed by atoms with van der Waals surface area (Å²) in [5, 5.41) is 17.0. The fourth-order valence-corrected chi connectivity index (χ4v) is 9.61. The van der Waals surface area contributed by atoms with Gasteiger partial charge in [-0.25, -0.2) is 14.1 Å². The summed E-state index contributed by atoms with van der Waals surface area (Å²) < 4.78 is 81.9. The van der Waals surface area contributed by atoms with Crippen LogP contribution in [-0.4, -0.2) is 109 Å². The average molecular weight is 787 g/mol. The minimum Gasteiger partial charge on any atom is -0.461 e. The molecule has 0 amide bonds. The summed E-state index contributed by atoms with van der Waals surface area (Å²) in [4.78, 5) is 18.4. The van der Waals surface area contributed by atoms with Gasteiger partial charge in [0.15, 0.2) is 6.23 Å². The van der Waals surface area contributed by atoms with Crippen LogP contribution in [0.3, 0.4) is 0 Å². The molecule has 1 aromatic carbocycles. The Morgan fingerprint density at radius 1 is 1.09 bits per heavy atom. The van der Waals surface area contributed by atoms with Crippen LogP contribution in [0.2, 0.25) is 5.15 Å². The Kier molecular flexibility index (Phi) is 8.96. The van der Waals surface area contributed by atoms with Crippen LogP contribution in [0.25, 0.3) is 44.1 Å². The molecule has 0 saturated carbocycles. The number of benzene rings is 1. The topological polar surface area (TPSA) is 116 Å². The van der Waals surface area contributed by atoms with Crippen LogP contribution in [0.15, 0.2) is 18.3 Å². The Morgan fingerprint density at radius 2 is 1.93 bits per heavy atom. The van der Waals surface area contributed by atoms with Crippen molar-refractivity contribution in [3.05, 3.63) is 34.6 Å². The number of hydrogen-bond donors (Lipinski definition) is 1. The molecule has 4 aliphatic heterocycles. The van der Waals surface area contributed by atoms with E-state index in [0.29, 0.717) is 65.8 Å². The van der Waals surface area contributed by atoms with E-state index in [-0.39, 0.29) is 59.7 Å². The van der Waals surface area contributed by atoms with Crippen LogP contribution in [0, 0.1) is 6.92 Å². The SMILES string of the molecule is Cc1cc2c(cnn2C2CCCCO2)c(-c2nc(Cl)cc3c4c(N5CCOC[C@@](C)(O)C5)nc(OC[C@@]56CCCN5C[C@H](F)C6)nc4n(C)c23)c1C(F)(F)F. The summed E-state index contributed by atoms with van der Waals surface area (Å²) in [6, 6.07) is 3.15. The minimum absolute atomic E-state index is 0.00646. The molecule has 0 spiro atoms. The number of anilines is 1. The molecule has 17 heteroatoms. The number of nitrogens with zero attached hydrogens (tertiary/aromatic N) is 8. The minimum atomic E-state index is -4.76. The van der Waals surface area contributed by atoms with E-state index in [4.69, 9.17) is 35.8 Å². The fraction of sp³-hybridized carbons (Fsp3) is 0.579. The van der Waals surface area contributed by atoms with Crippen molar-refractivity contribution in [3.63, 3.8) is 0 Å². The molecule has 0 aliphatic carbocycles. The van der Waals surface area contributed by atoms with E-state index in [1.807, 2.05) is 4.90 Å². The summed E-state index contributed by atoms with van der Waals surface area (Å²) in [5.74, 6) is 0.396. The first-order valence-electron chi connectivity index (χ1n) is 18.9. The highest BCUT2D eigenvalue weighted by molar-refractivity contribution is 6.31. The molecule has 1 unspecified atom stereocenters. The first-order valence-corrected chi connectivity index (χ1v) is 19.2. The van der Waals surface area contributed by atoms with Crippen LogP contribution in [0.1, 0.15) is 62.8 Å². The van der Waals surface area contributed by atoms with Crippen molar-refractivity contribution in [2.45, 2.75) is 82.1 Å². The maximum absolute atomic E-state index is 15.3. The number of ether oxygens (including phenoxy) is 3. The van der Waals surface area contributed by atoms with Crippen molar-refractivity contribution < 1.29 is 36.9 Å². The Labute approximate surface area is 319 Å². The molecule has 4 saturated heterocycles. The molecule has 4 aromatic heterocycles. The third kappa shape index (κ3) is 6.28. The van der Waals surface area contributed by atoms with Crippen molar-refractivity contribution in [1.29, 1.82) is 0 Å². The number of aryl methyl sites for hydroxylation is 2. The number of halogens is 5. The quantitative estimate of drug-likeness (QED) is 0.146. The van der Waals surface area contributed by atoms with Crippen LogP contribution < -0.4 is 9.64 Å². The Morgan fingerprint density at radius 3 is 2.71 bits per heavy atom. The van der Waals surface area contributed by atoms with Gasteiger partial charge in [0.2, 0.25) is 0 Å². The summed E-state index contributed by atoms with van der Waals surface area (Å²) in [6.45, 7) is 5.84. The van der Waals surface area contributed by atoms with Gasteiger partial charge in [0.25, 0.3) is 0 Å². The highest BCUT2D eigenvalue weighted by atomic mass is 35.5. The number of alkyl halides is 4. The van der Waals surface area contributed by atoms with Gasteiger partial charge in [0, 0.05) is 49.5 Å². The first kappa shape index (κ1) is 36.8. The third-order valence-electron chi connectivity index (χ3n) is 11.8. The lowest BCUT2D eigenvalue weighted by Gasteiger charge is -2.31. The van der Waals surface area contributed by atoms with E-state index in [2.05, 4.69) is 15.0 Å². The molecule has 5 aromatic rings. The van der Waals surface area contributed by atoms with Crippen LogP contribution in [0.4, 0.5) is 23.4 Å². The van der Waals surface area contributed by atoms with Crippen molar-refractivity contribution in [2.24, 2.45) is 7.05 Å². The van der Waals surface area contributed by atoms with Crippen molar-refractivity contribution in [1.82, 2.24) is 34.2 Å². The Balaban J connectivity index is 1.28. The van der Waals surface area contributed by atoms with Crippen molar-refractivity contribution in [3.8, 4) is 17.3 Å². The zero-order valence-electron chi connectivity index (χ0n) is 30.9. The molecule has 1 N–H and O–H groups in total. The summed E-state index contributed by atoms with van der Waals surface area (Å²) in [5.41, 5.74) is -1.49. The number of fused-ring (bicyclic) bond motifs is 5. The summed E-state index contributed by atoms with van der Waals surface area (Å²) in [7, 11) is 1.72. The summed E-state index contributed by atoms with van der Waals surface area (Å²) >= 11 is 6.78.